The lowest BCUT2D eigenvalue weighted by molar-refractivity contribution is -0.200. The normalized spacial score (nSPS) is 16.7. The van der Waals surface area contributed by atoms with Crippen LogP contribution in [0.4, 0.5) is 13.2 Å². The zero-order valence-electron chi connectivity index (χ0n) is 7.31. The highest BCUT2D eigenvalue weighted by molar-refractivity contribution is 5.76. The number of carboxylic acid groups (broad SMARTS) is 1. The number of aliphatic carboxylic acids is 1. The van der Waals surface area contributed by atoms with Gasteiger partial charge in [-0.15, -0.1) is 0 Å². The predicted molar refractivity (Wildman–Crippen MR) is 38.3 cm³/mol. The summed E-state index contributed by atoms with van der Waals surface area (Å²) in [5.74, 6) is -1.60. The molecule has 3 nitrogen and oxygen atoms in total. The van der Waals surface area contributed by atoms with E-state index in [0.29, 0.717) is 0 Å². The molecular weight excluding hydrogens is 189 g/mol. The van der Waals surface area contributed by atoms with E-state index < -0.39 is 24.2 Å². The Balaban J connectivity index is 4.51. The topological polar surface area (TPSA) is 46.5 Å². The van der Waals surface area contributed by atoms with E-state index in [9.17, 15) is 18.0 Å². The highest BCUT2D eigenvalue weighted by Gasteiger charge is 2.45. The minimum atomic E-state index is -4.54. The van der Waals surface area contributed by atoms with E-state index in [1.807, 2.05) is 0 Å². The first-order chi connectivity index (χ1) is 5.71. The molecule has 0 radical (unpaired) electrons. The SMILES string of the molecule is CCOC(C)(CC(F)(F)F)C(=O)O. The summed E-state index contributed by atoms with van der Waals surface area (Å²) in [6.07, 6.45) is -6.02. The van der Waals surface area contributed by atoms with E-state index in [4.69, 9.17) is 5.11 Å². The Bertz CT molecular complexity index is 190. The third-order valence-electron chi connectivity index (χ3n) is 1.45. The molecule has 0 fully saturated rings. The largest absolute Gasteiger partial charge is 0.479 e. The number of rotatable bonds is 4. The van der Waals surface area contributed by atoms with E-state index in [1.54, 1.807) is 0 Å². The maximum absolute atomic E-state index is 11.9. The second-order valence-corrected chi connectivity index (χ2v) is 2.76. The Hall–Kier alpha value is -0.780. The summed E-state index contributed by atoms with van der Waals surface area (Å²) >= 11 is 0. The van der Waals surface area contributed by atoms with Crippen LogP contribution >= 0.6 is 0 Å². The standard InChI is InChI=1S/C7H11F3O3/c1-3-13-6(2,5(11)12)4-7(8,9)10/h3-4H2,1-2H3,(H,11,12). The van der Waals surface area contributed by atoms with Crippen LogP contribution in [-0.2, 0) is 9.53 Å². The average molecular weight is 200 g/mol. The van der Waals surface area contributed by atoms with Gasteiger partial charge < -0.3 is 9.84 Å². The minimum Gasteiger partial charge on any atom is -0.479 e. The molecule has 0 amide bonds. The summed E-state index contributed by atoms with van der Waals surface area (Å²) in [5.41, 5.74) is -2.17. The number of alkyl halides is 3. The molecule has 0 aromatic rings. The number of carbonyl (C=O) groups is 1. The highest BCUT2D eigenvalue weighted by atomic mass is 19.4. The van der Waals surface area contributed by atoms with E-state index in [1.165, 1.54) is 6.92 Å². The molecule has 6 heteroatoms. The molecule has 0 aliphatic rings. The van der Waals surface area contributed by atoms with Gasteiger partial charge in [0, 0.05) is 6.61 Å². The Morgan fingerprint density at radius 3 is 2.15 bits per heavy atom. The zero-order chi connectivity index (χ0) is 10.7. The van der Waals surface area contributed by atoms with Gasteiger partial charge in [0.15, 0.2) is 5.60 Å². The number of carboxylic acids is 1. The van der Waals surface area contributed by atoms with Crippen molar-refractivity contribution in [2.24, 2.45) is 0 Å². The fourth-order valence-corrected chi connectivity index (χ4v) is 0.889. The van der Waals surface area contributed by atoms with Crippen LogP contribution in [0.15, 0.2) is 0 Å². The summed E-state index contributed by atoms with van der Waals surface area (Å²) in [6.45, 7) is 2.28. The van der Waals surface area contributed by atoms with Crippen molar-refractivity contribution in [3.63, 3.8) is 0 Å². The van der Waals surface area contributed by atoms with Crippen LogP contribution in [0, 0.1) is 0 Å². The van der Waals surface area contributed by atoms with Crippen molar-refractivity contribution in [1.29, 1.82) is 0 Å². The molecule has 13 heavy (non-hydrogen) atoms. The number of halogens is 3. The van der Waals surface area contributed by atoms with Crippen molar-refractivity contribution in [3.8, 4) is 0 Å². The van der Waals surface area contributed by atoms with Gasteiger partial charge in [-0.2, -0.15) is 13.2 Å². The predicted octanol–water partition coefficient (Wildman–Crippen LogP) is 1.82. The zero-order valence-corrected chi connectivity index (χ0v) is 7.31. The fraction of sp³-hybridized carbons (Fsp3) is 0.857. The van der Waals surface area contributed by atoms with Gasteiger partial charge in [-0.1, -0.05) is 0 Å². The monoisotopic (exact) mass is 200 g/mol. The highest BCUT2D eigenvalue weighted by Crippen LogP contribution is 2.29. The molecule has 0 aliphatic carbocycles. The third kappa shape index (κ3) is 4.12. The summed E-state index contributed by atoms with van der Waals surface area (Å²) in [6, 6.07) is 0. The van der Waals surface area contributed by atoms with Gasteiger partial charge in [0.2, 0.25) is 0 Å². The number of hydrogen-bond acceptors (Lipinski definition) is 2. The number of hydrogen-bond donors (Lipinski definition) is 1. The van der Waals surface area contributed by atoms with E-state index >= 15 is 0 Å². The minimum absolute atomic E-state index is 0.0706. The van der Waals surface area contributed by atoms with Crippen LogP contribution in [0.3, 0.4) is 0 Å². The first-order valence-electron chi connectivity index (χ1n) is 3.65. The van der Waals surface area contributed by atoms with E-state index in [-0.39, 0.29) is 6.61 Å². The maximum atomic E-state index is 11.9. The van der Waals surface area contributed by atoms with Crippen LogP contribution < -0.4 is 0 Å². The van der Waals surface area contributed by atoms with Crippen molar-refractivity contribution < 1.29 is 27.8 Å². The van der Waals surface area contributed by atoms with Gasteiger partial charge in [-0.25, -0.2) is 4.79 Å². The molecule has 0 rings (SSSR count). The third-order valence-corrected chi connectivity index (χ3v) is 1.45. The van der Waals surface area contributed by atoms with Crippen LogP contribution in [0.2, 0.25) is 0 Å². The van der Waals surface area contributed by atoms with Crippen LogP contribution in [-0.4, -0.2) is 29.5 Å². The first-order valence-corrected chi connectivity index (χ1v) is 3.65. The van der Waals surface area contributed by atoms with Crippen LogP contribution in [0.5, 0.6) is 0 Å². The van der Waals surface area contributed by atoms with Gasteiger partial charge in [0.25, 0.3) is 0 Å². The summed E-state index contributed by atoms with van der Waals surface area (Å²) in [7, 11) is 0. The smallest absolute Gasteiger partial charge is 0.392 e. The van der Waals surface area contributed by atoms with E-state index in [2.05, 4.69) is 4.74 Å². The Morgan fingerprint density at radius 2 is 1.92 bits per heavy atom. The molecule has 0 spiro atoms. The molecule has 0 aromatic carbocycles. The van der Waals surface area contributed by atoms with Crippen molar-refractivity contribution in [3.05, 3.63) is 0 Å². The van der Waals surface area contributed by atoms with Crippen molar-refractivity contribution in [2.75, 3.05) is 6.61 Å². The van der Waals surface area contributed by atoms with Crippen LogP contribution in [0.1, 0.15) is 20.3 Å². The molecule has 0 saturated heterocycles. The Morgan fingerprint density at radius 1 is 1.46 bits per heavy atom. The summed E-state index contributed by atoms with van der Waals surface area (Å²) in [4.78, 5) is 10.5. The van der Waals surface area contributed by atoms with Gasteiger partial charge in [0.05, 0.1) is 6.42 Å². The first kappa shape index (κ1) is 12.2. The van der Waals surface area contributed by atoms with Gasteiger partial charge in [-0.3, -0.25) is 0 Å². The van der Waals surface area contributed by atoms with Crippen LogP contribution in [0.25, 0.3) is 0 Å². The van der Waals surface area contributed by atoms with Gasteiger partial charge >= 0.3 is 12.1 Å². The molecule has 1 N–H and O–H groups in total. The molecule has 78 valence electrons. The quantitative estimate of drug-likeness (QED) is 0.752. The molecule has 0 heterocycles. The average Bonchev–Trinajstić information content (AvgIpc) is 1.82. The molecule has 0 aliphatic heterocycles. The molecule has 1 atom stereocenters. The lowest BCUT2D eigenvalue weighted by atomic mass is 10.0. The molecule has 0 saturated carbocycles. The summed E-state index contributed by atoms with van der Waals surface area (Å²) < 4.78 is 40.2. The molecule has 1 unspecified atom stereocenters. The Labute approximate surface area is 73.5 Å². The summed E-state index contributed by atoms with van der Waals surface area (Å²) in [5, 5.41) is 8.50. The second kappa shape index (κ2) is 3.95. The van der Waals surface area contributed by atoms with E-state index in [0.717, 1.165) is 6.92 Å². The molecule has 0 bridgehead atoms. The van der Waals surface area contributed by atoms with Gasteiger partial charge in [0.1, 0.15) is 0 Å². The lowest BCUT2D eigenvalue weighted by Crippen LogP contribution is -2.42. The fourth-order valence-electron chi connectivity index (χ4n) is 0.889. The van der Waals surface area contributed by atoms with Crippen molar-refractivity contribution in [2.45, 2.75) is 32.0 Å². The molecular formula is C7H11F3O3. The second-order valence-electron chi connectivity index (χ2n) is 2.76. The van der Waals surface area contributed by atoms with Crippen molar-refractivity contribution >= 4 is 5.97 Å². The lowest BCUT2D eigenvalue weighted by Gasteiger charge is -2.25. The van der Waals surface area contributed by atoms with Crippen molar-refractivity contribution in [1.82, 2.24) is 0 Å². The van der Waals surface area contributed by atoms with Gasteiger partial charge in [-0.05, 0) is 13.8 Å². The molecule has 0 aromatic heterocycles. The number of ether oxygens (including phenoxy) is 1. The Kier molecular flexibility index (Phi) is 3.71. The maximum Gasteiger partial charge on any atom is 0.392 e.